The number of nitrogens with one attached hydrogen (secondary N) is 1. The molecule has 2 aliphatic heterocycles. The second-order valence-corrected chi connectivity index (χ2v) is 5.78. The minimum atomic E-state index is 0.0368. The fourth-order valence-corrected chi connectivity index (χ4v) is 2.90. The first-order valence-corrected chi connectivity index (χ1v) is 6.69. The Morgan fingerprint density at radius 3 is 2.94 bits per heavy atom. The SMILES string of the molecule is CCC1OCCC1C(=O)N1CCNC(C)(C)C1. The predicted molar refractivity (Wildman–Crippen MR) is 66.8 cm³/mol. The van der Waals surface area contributed by atoms with Crippen LogP contribution in [0.3, 0.4) is 0 Å². The fraction of sp³-hybridized carbons (Fsp3) is 0.923. The molecule has 0 aromatic carbocycles. The van der Waals surface area contributed by atoms with E-state index in [1.54, 1.807) is 0 Å². The van der Waals surface area contributed by atoms with Crippen molar-refractivity contribution < 1.29 is 9.53 Å². The molecule has 2 unspecified atom stereocenters. The number of hydrogen-bond acceptors (Lipinski definition) is 3. The summed E-state index contributed by atoms with van der Waals surface area (Å²) in [5.74, 6) is 0.387. The zero-order valence-corrected chi connectivity index (χ0v) is 11.2. The number of rotatable bonds is 2. The molecule has 0 aromatic heterocycles. The van der Waals surface area contributed by atoms with E-state index in [0.29, 0.717) is 5.91 Å². The Bertz CT molecular complexity index is 291. The van der Waals surface area contributed by atoms with Gasteiger partial charge in [0.2, 0.25) is 5.91 Å². The number of hydrogen-bond donors (Lipinski definition) is 1. The monoisotopic (exact) mass is 240 g/mol. The Morgan fingerprint density at radius 2 is 2.29 bits per heavy atom. The van der Waals surface area contributed by atoms with E-state index in [1.165, 1.54) is 0 Å². The number of carbonyl (C=O) groups excluding carboxylic acids is 1. The summed E-state index contributed by atoms with van der Waals surface area (Å²) < 4.78 is 5.62. The second kappa shape index (κ2) is 4.94. The lowest BCUT2D eigenvalue weighted by atomic mass is 9.95. The van der Waals surface area contributed by atoms with E-state index in [1.807, 2.05) is 4.90 Å². The summed E-state index contributed by atoms with van der Waals surface area (Å²) in [6.45, 7) is 9.66. The molecule has 0 aliphatic carbocycles. The molecule has 0 spiro atoms. The zero-order valence-electron chi connectivity index (χ0n) is 11.2. The van der Waals surface area contributed by atoms with Crippen LogP contribution in [0.5, 0.6) is 0 Å². The van der Waals surface area contributed by atoms with Crippen molar-refractivity contribution in [2.24, 2.45) is 5.92 Å². The van der Waals surface area contributed by atoms with Crippen molar-refractivity contribution >= 4 is 5.91 Å². The Kier molecular flexibility index (Phi) is 3.73. The Balaban J connectivity index is 1.99. The lowest BCUT2D eigenvalue weighted by Gasteiger charge is -2.40. The van der Waals surface area contributed by atoms with Crippen LogP contribution in [0.15, 0.2) is 0 Å². The third-order valence-corrected chi connectivity index (χ3v) is 3.81. The zero-order chi connectivity index (χ0) is 12.5. The molecule has 2 aliphatic rings. The summed E-state index contributed by atoms with van der Waals surface area (Å²) >= 11 is 0. The van der Waals surface area contributed by atoms with Crippen molar-refractivity contribution in [1.29, 1.82) is 0 Å². The molecule has 2 fully saturated rings. The first-order valence-electron chi connectivity index (χ1n) is 6.69. The van der Waals surface area contributed by atoms with Crippen LogP contribution < -0.4 is 5.32 Å². The van der Waals surface area contributed by atoms with Crippen molar-refractivity contribution in [3.05, 3.63) is 0 Å². The number of amides is 1. The van der Waals surface area contributed by atoms with Gasteiger partial charge in [-0.15, -0.1) is 0 Å². The first-order chi connectivity index (χ1) is 8.03. The van der Waals surface area contributed by atoms with Gasteiger partial charge in [-0.2, -0.15) is 0 Å². The van der Waals surface area contributed by atoms with E-state index in [9.17, 15) is 4.79 Å². The smallest absolute Gasteiger partial charge is 0.228 e. The van der Waals surface area contributed by atoms with E-state index in [0.717, 1.165) is 39.1 Å². The number of carbonyl (C=O) groups is 1. The standard InChI is InChI=1S/C13H24N2O2/c1-4-11-10(5-8-17-11)12(16)15-7-6-14-13(2,3)9-15/h10-11,14H,4-9H2,1-3H3. The summed E-state index contributed by atoms with van der Waals surface area (Å²) in [5.41, 5.74) is 0.0368. The maximum absolute atomic E-state index is 12.5. The van der Waals surface area contributed by atoms with Gasteiger partial charge in [0, 0.05) is 31.8 Å². The van der Waals surface area contributed by atoms with Crippen LogP contribution in [0, 0.1) is 5.92 Å². The Labute approximate surface area is 104 Å². The summed E-state index contributed by atoms with van der Waals surface area (Å²) in [7, 11) is 0. The highest BCUT2D eigenvalue weighted by Gasteiger charge is 2.38. The van der Waals surface area contributed by atoms with Gasteiger partial charge >= 0.3 is 0 Å². The second-order valence-electron chi connectivity index (χ2n) is 5.78. The largest absolute Gasteiger partial charge is 0.377 e. The summed E-state index contributed by atoms with van der Waals surface area (Å²) in [4.78, 5) is 14.5. The van der Waals surface area contributed by atoms with Crippen molar-refractivity contribution in [2.75, 3.05) is 26.2 Å². The molecule has 2 rings (SSSR count). The minimum Gasteiger partial charge on any atom is -0.377 e. The molecule has 0 radical (unpaired) electrons. The lowest BCUT2D eigenvalue weighted by Crippen LogP contribution is -2.59. The molecule has 2 heterocycles. The fourth-order valence-electron chi connectivity index (χ4n) is 2.90. The third kappa shape index (κ3) is 2.80. The number of piperazine rings is 1. The van der Waals surface area contributed by atoms with Gasteiger partial charge in [0.25, 0.3) is 0 Å². The molecule has 1 amide bonds. The van der Waals surface area contributed by atoms with Crippen LogP contribution in [0.4, 0.5) is 0 Å². The molecule has 2 atom stereocenters. The van der Waals surface area contributed by atoms with E-state index in [-0.39, 0.29) is 17.6 Å². The van der Waals surface area contributed by atoms with Crippen LogP contribution in [-0.4, -0.2) is 48.7 Å². The number of nitrogens with zero attached hydrogens (tertiary/aromatic N) is 1. The van der Waals surface area contributed by atoms with Gasteiger partial charge in [-0.3, -0.25) is 4.79 Å². The number of ether oxygens (including phenoxy) is 1. The molecule has 1 N–H and O–H groups in total. The Morgan fingerprint density at radius 1 is 1.53 bits per heavy atom. The van der Waals surface area contributed by atoms with Crippen LogP contribution in [-0.2, 0) is 9.53 Å². The van der Waals surface area contributed by atoms with Gasteiger partial charge in [-0.05, 0) is 26.7 Å². The maximum atomic E-state index is 12.5. The van der Waals surface area contributed by atoms with Gasteiger partial charge in [-0.25, -0.2) is 0 Å². The normalized spacial score (nSPS) is 32.8. The van der Waals surface area contributed by atoms with Crippen LogP contribution >= 0.6 is 0 Å². The molecular formula is C13H24N2O2. The van der Waals surface area contributed by atoms with E-state index < -0.39 is 0 Å². The highest BCUT2D eigenvalue weighted by molar-refractivity contribution is 5.80. The topological polar surface area (TPSA) is 41.6 Å². The van der Waals surface area contributed by atoms with Crippen molar-refractivity contribution in [2.45, 2.75) is 45.3 Å². The highest BCUT2D eigenvalue weighted by Crippen LogP contribution is 2.26. The van der Waals surface area contributed by atoms with Gasteiger partial charge in [-0.1, -0.05) is 6.92 Å². The quantitative estimate of drug-likeness (QED) is 0.783. The first kappa shape index (κ1) is 12.8. The Hall–Kier alpha value is -0.610. The lowest BCUT2D eigenvalue weighted by molar-refractivity contribution is -0.139. The molecular weight excluding hydrogens is 216 g/mol. The molecule has 17 heavy (non-hydrogen) atoms. The minimum absolute atomic E-state index is 0.0368. The van der Waals surface area contributed by atoms with Gasteiger partial charge in [0.1, 0.15) is 0 Å². The molecule has 0 aromatic rings. The van der Waals surface area contributed by atoms with Crippen LogP contribution in [0.1, 0.15) is 33.6 Å². The molecule has 98 valence electrons. The van der Waals surface area contributed by atoms with Gasteiger partial charge in [0.05, 0.1) is 12.0 Å². The van der Waals surface area contributed by atoms with Crippen molar-refractivity contribution in [1.82, 2.24) is 10.2 Å². The summed E-state index contributed by atoms with van der Waals surface area (Å²) in [5, 5.41) is 3.43. The molecule has 2 saturated heterocycles. The van der Waals surface area contributed by atoms with Crippen LogP contribution in [0.25, 0.3) is 0 Å². The molecule has 4 nitrogen and oxygen atoms in total. The molecule has 4 heteroatoms. The van der Waals surface area contributed by atoms with Crippen molar-refractivity contribution in [3.63, 3.8) is 0 Å². The summed E-state index contributed by atoms with van der Waals surface area (Å²) in [6.07, 6.45) is 1.97. The average molecular weight is 240 g/mol. The highest BCUT2D eigenvalue weighted by atomic mass is 16.5. The van der Waals surface area contributed by atoms with E-state index in [4.69, 9.17) is 4.74 Å². The molecule has 0 bridgehead atoms. The van der Waals surface area contributed by atoms with Gasteiger partial charge in [0.15, 0.2) is 0 Å². The van der Waals surface area contributed by atoms with Gasteiger partial charge < -0.3 is 15.0 Å². The third-order valence-electron chi connectivity index (χ3n) is 3.81. The van der Waals surface area contributed by atoms with E-state index >= 15 is 0 Å². The average Bonchev–Trinajstić information content (AvgIpc) is 2.74. The maximum Gasteiger partial charge on any atom is 0.228 e. The predicted octanol–water partition coefficient (Wildman–Crippen LogP) is 1.01. The molecule has 0 saturated carbocycles. The van der Waals surface area contributed by atoms with Crippen molar-refractivity contribution in [3.8, 4) is 0 Å². The van der Waals surface area contributed by atoms with Crippen LogP contribution in [0.2, 0.25) is 0 Å². The summed E-state index contributed by atoms with van der Waals surface area (Å²) in [6, 6.07) is 0. The van der Waals surface area contributed by atoms with E-state index in [2.05, 4.69) is 26.1 Å².